The summed E-state index contributed by atoms with van der Waals surface area (Å²) in [6.45, 7) is 2.12. The molecule has 1 aromatic carbocycles. The molecule has 1 aliphatic rings. The molecule has 1 aromatic heterocycles. The molecule has 0 saturated carbocycles. The fraction of sp³-hybridized carbons (Fsp3) is 0.286. The second-order valence-electron chi connectivity index (χ2n) is 6.92. The third kappa shape index (κ3) is 5.48. The minimum atomic E-state index is -0.591. The van der Waals surface area contributed by atoms with Crippen molar-refractivity contribution in [3.63, 3.8) is 0 Å². The summed E-state index contributed by atoms with van der Waals surface area (Å²) >= 11 is 0. The van der Waals surface area contributed by atoms with E-state index in [1.807, 2.05) is 0 Å². The lowest BCUT2D eigenvalue weighted by molar-refractivity contribution is -0.119. The molecular formula is C21H22FN7O3. The fourth-order valence-corrected chi connectivity index (χ4v) is 3.10. The first-order valence-corrected chi connectivity index (χ1v) is 9.74. The third-order valence-corrected chi connectivity index (χ3v) is 4.69. The number of nitrogens with one attached hydrogen (secondary N) is 3. The minimum absolute atomic E-state index is 0.198. The van der Waals surface area contributed by atoms with Gasteiger partial charge in [-0.1, -0.05) is 6.07 Å². The van der Waals surface area contributed by atoms with Crippen molar-refractivity contribution < 1.29 is 18.7 Å². The van der Waals surface area contributed by atoms with Crippen molar-refractivity contribution in [2.75, 3.05) is 25.0 Å². The van der Waals surface area contributed by atoms with Gasteiger partial charge in [-0.15, -0.1) is 0 Å². The van der Waals surface area contributed by atoms with Crippen molar-refractivity contribution >= 4 is 23.6 Å². The van der Waals surface area contributed by atoms with Crippen molar-refractivity contribution in [2.24, 2.45) is 4.99 Å². The Bertz CT molecular complexity index is 1070. The highest BCUT2D eigenvalue weighted by Gasteiger charge is 2.32. The van der Waals surface area contributed by atoms with Crippen LogP contribution in [0.25, 0.3) is 11.1 Å². The molecule has 0 spiro atoms. The second-order valence-corrected chi connectivity index (χ2v) is 6.92. The Hall–Kier alpha value is -4.20. The number of nitrogens with zero attached hydrogens (tertiary/aromatic N) is 4. The molecule has 3 N–H and O–H groups in total. The zero-order valence-corrected chi connectivity index (χ0v) is 17.6. The van der Waals surface area contributed by atoms with Crippen molar-refractivity contribution in [1.29, 1.82) is 5.26 Å². The Morgan fingerprint density at radius 1 is 1.38 bits per heavy atom. The van der Waals surface area contributed by atoms with Crippen LogP contribution in [-0.4, -0.2) is 49.2 Å². The van der Waals surface area contributed by atoms with Crippen LogP contribution in [0.4, 0.5) is 14.9 Å². The van der Waals surface area contributed by atoms with Gasteiger partial charge in [0.25, 0.3) is 0 Å². The fourth-order valence-electron chi connectivity index (χ4n) is 3.10. The molecule has 2 aromatic rings. The first kappa shape index (κ1) is 22.5. The van der Waals surface area contributed by atoms with Gasteiger partial charge in [0.05, 0.1) is 31.0 Å². The Balaban J connectivity index is 1.67. The van der Waals surface area contributed by atoms with Crippen LogP contribution in [0.5, 0.6) is 0 Å². The molecule has 0 radical (unpaired) electrons. The molecule has 1 aliphatic heterocycles. The van der Waals surface area contributed by atoms with E-state index in [0.717, 1.165) is 0 Å². The molecule has 10 nitrogen and oxygen atoms in total. The molecule has 32 heavy (non-hydrogen) atoms. The van der Waals surface area contributed by atoms with Crippen LogP contribution < -0.4 is 20.9 Å². The number of amides is 2. The first-order valence-electron chi connectivity index (χ1n) is 9.74. The molecule has 166 valence electrons. The lowest BCUT2D eigenvalue weighted by Gasteiger charge is -2.14. The van der Waals surface area contributed by atoms with E-state index in [9.17, 15) is 14.0 Å². The predicted molar refractivity (Wildman–Crippen MR) is 115 cm³/mol. The first-order chi connectivity index (χ1) is 15.4. The lowest BCUT2D eigenvalue weighted by Crippen LogP contribution is -2.33. The highest BCUT2D eigenvalue weighted by molar-refractivity contribution is 5.90. The maximum Gasteiger partial charge on any atom is 0.414 e. The number of rotatable bonds is 6. The standard InChI is InChI=1S/C21H22FN7O3/c1-13(30)25-10-17-11-29(21(31)32-17)16-5-6-18(19(22)7-16)14-3-4-15(26-8-14)9-27-20(24-2)28-12-23/h3-8,17H,9-11H2,1-2H3,(H,25,30)(H2,24,27,28)/t17-/m0/s1. The molecule has 1 atom stereocenters. The predicted octanol–water partition coefficient (Wildman–Crippen LogP) is 1.50. The summed E-state index contributed by atoms with van der Waals surface area (Å²) in [4.78, 5) is 32.7. The zero-order chi connectivity index (χ0) is 23.1. The van der Waals surface area contributed by atoms with Crippen LogP contribution in [0.15, 0.2) is 41.5 Å². The van der Waals surface area contributed by atoms with Gasteiger partial charge in [0.15, 0.2) is 6.19 Å². The molecule has 3 rings (SSSR count). The Labute approximate surface area is 184 Å². The Kier molecular flexibility index (Phi) is 7.17. The Morgan fingerprint density at radius 3 is 2.81 bits per heavy atom. The number of cyclic esters (lactones) is 1. The molecule has 2 heterocycles. The lowest BCUT2D eigenvalue weighted by atomic mass is 10.1. The number of pyridine rings is 1. The summed E-state index contributed by atoms with van der Waals surface area (Å²) < 4.78 is 20.0. The van der Waals surface area contributed by atoms with Crippen LogP contribution in [0.1, 0.15) is 12.6 Å². The van der Waals surface area contributed by atoms with E-state index in [0.29, 0.717) is 35.0 Å². The van der Waals surface area contributed by atoms with Gasteiger partial charge in [-0.3, -0.25) is 25.0 Å². The maximum absolute atomic E-state index is 14.8. The van der Waals surface area contributed by atoms with Crippen molar-refractivity contribution in [2.45, 2.75) is 19.6 Å². The molecule has 1 saturated heterocycles. The van der Waals surface area contributed by atoms with Crippen LogP contribution in [0.2, 0.25) is 0 Å². The van der Waals surface area contributed by atoms with Gasteiger partial charge in [-0.05, 0) is 24.3 Å². The summed E-state index contributed by atoms with van der Waals surface area (Å²) in [7, 11) is 1.54. The average Bonchev–Trinajstić information content (AvgIpc) is 3.16. The van der Waals surface area contributed by atoms with Crippen LogP contribution in [0, 0.1) is 17.3 Å². The summed E-state index contributed by atoms with van der Waals surface area (Å²) in [5.74, 6) is -0.408. The molecule has 0 bridgehead atoms. The van der Waals surface area contributed by atoms with Gasteiger partial charge in [0, 0.05) is 31.3 Å². The number of hydrogen-bond acceptors (Lipinski definition) is 6. The number of carbonyl (C=O) groups excluding carboxylic acids is 2. The number of ether oxygens (including phenoxy) is 1. The zero-order valence-electron chi connectivity index (χ0n) is 17.6. The topological polar surface area (TPSA) is 132 Å². The van der Waals surface area contributed by atoms with Gasteiger partial charge >= 0.3 is 6.09 Å². The van der Waals surface area contributed by atoms with Crippen LogP contribution in [-0.2, 0) is 16.1 Å². The number of aliphatic imine (C=N–C) groups is 1. The summed E-state index contributed by atoms with van der Waals surface area (Å²) in [6.07, 6.45) is 2.23. The maximum atomic E-state index is 14.8. The normalized spacial score (nSPS) is 15.7. The van der Waals surface area contributed by atoms with Gasteiger partial charge in [0.1, 0.15) is 11.9 Å². The highest BCUT2D eigenvalue weighted by atomic mass is 19.1. The van der Waals surface area contributed by atoms with Gasteiger partial charge < -0.3 is 15.4 Å². The Morgan fingerprint density at radius 2 is 2.19 bits per heavy atom. The number of nitriles is 1. The smallest absolute Gasteiger partial charge is 0.414 e. The highest BCUT2D eigenvalue weighted by Crippen LogP contribution is 2.28. The number of aromatic nitrogens is 1. The molecule has 11 heteroatoms. The summed E-state index contributed by atoms with van der Waals surface area (Å²) in [6, 6.07) is 7.94. The molecular weight excluding hydrogens is 417 g/mol. The molecule has 1 fully saturated rings. The van der Waals surface area contributed by atoms with E-state index in [1.54, 1.807) is 43.7 Å². The van der Waals surface area contributed by atoms with E-state index in [1.165, 1.54) is 17.9 Å². The van der Waals surface area contributed by atoms with Crippen molar-refractivity contribution in [3.8, 4) is 17.3 Å². The monoisotopic (exact) mass is 439 g/mol. The van der Waals surface area contributed by atoms with E-state index in [4.69, 9.17) is 10.00 Å². The number of guanidine groups is 1. The summed E-state index contributed by atoms with van der Waals surface area (Å²) in [5.41, 5.74) is 1.96. The van der Waals surface area contributed by atoms with Gasteiger partial charge in [0.2, 0.25) is 11.9 Å². The molecule has 0 unspecified atom stereocenters. The van der Waals surface area contributed by atoms with E-state index >= 15 is 0 Å². The van der Waals surface area contributed by atoms with Gasteiger partial charge in [-0.2, -0.15) is 5.26 Å². The molecule has 0 aliphatic carbocycles. The SMILES string of the molecule is CN=C(NC#N)NCc1ccc(-c2ccc(N3C[C@H](CNC(C)=O)OC3=O)cc2F)cn1. The average molecular weight is 439 g/mol. The largest absolute Gasteiger partial charge is 0.442 e. The van der Waals surface area contributed by atoms with E-state index in [2.05, 4.69) is 25.9 Å². The number of benzene rings is 1. The van der Waals surface area contributed by atoms with E-state index in [-0.39, 0.29) is 19.0 Å². The van der Waals surface area contributed by atoms with Crippen LogP contribution in [0.3, 0.4) is 0 Å². The van der Waals surface area contributed by atoms with Crippen molar-refractivity contribution in [3.05, 3.63) is 48.0 Å². The minimum Gasteiger partial charge on any atom is -0.442 e. The number of anilines is 1. The quantitative estimate of drug-likeness (QED) is 0.269. The number of halogens is 1. The number of carbonyl (C=O) groups is 2. The van der Waals surface area contributed by atoms with Crippen LogP contribution >= 0.6 is 0 Å². The second kappa shape index (κ2) is 10.2. The molecule has 2 amide bonds. The van der Waals surface area contributed by atoms with Gasteiger partial charge in [-0.25, -0.2) is 9.18 Å². The third-order valence-electron chi connectivity index (χ3n) is 4.69. The van der Waals surface area contributed by atoms with Crippen molar-refractivity contribution in [1.82, 2.24) is 20.9 Å². The van der Waals surface area contributed by atoms with E-state index < -0.39 is 18.0 Å². The summed E-state index contributed by atoms with van der Waals surface area (Å²) in [5, 5.41) is 16.6. The number of hydrogen-bond donors (Lipinski definition) is 3.